The standard InChI is InChI=1S/C22H29N5O4/c1-26(2)20-12-17(23)14(13-24-15-7-9-16(28)10-8-15)11-18(20)25-22(29)19-5-4-6-21(31-3)27(19)30/h4-6,11-13,15-16,23,28-30H,7-10H2,1-3H3/p+1/t15-,16-. The molecule has 9 nitrogen and oxygen atoms in total. The lowest BCUT2D eigenvalue weighted by Gasteiger charge is -2.27. The molecular weight excluding hydrogens is 398 g/mol. The summed E-state index contributed by atoms with van der Waals surface area (Å²) in [5, 5.41) is 34.4. The first-order chi connectivity index (χ1) is 14.8. The first-order valence-corrected chi connectivity index (χ1v) is 10.2. The van der Waals surface area contributed by atoms with Crippen LogP contribution in [-0.4, -0.2) is 60.2 Å². The molecule has 1 heterocycles. The molecule has 1 aromatic heterocycles. The second-order valence-corrected chi connectivity index (χ2v) is 7.89. The Morgan fingerprint density at radius 2 is 1.97 bits per heavy atom. The van der Waals surface area contributed by atoms with E-state index in [-0.39, 0.29) is 23.7 Å². The number of amides is 1. The number of pyridine rings is 1. The van der Waals surface area contributed by atoms with Crippen LogP contribution in [0.4, 0.5) is 0 Å². The highest BCUT2D eigenvalue weighted by atomic mass is 16.5. The molecule has 2 aliphatic carbocycles. The summed E-state index contributed by atoms with van der Waals surface area (Å²) in [5.74, 6) is -0.375. The zero-order valence-electron chi connectivity index (χ0n) is 18.1. The fourth-order valence-corrected chi connectivity index (χ4v) is 3.64. The number of likely N-dealkylation sites (N-methyl/N-ethyl adjacent to an activating group) is 1. The van der Waals surface area contributed by atoms with Crippen LogP contribution in [0.2, 0.25) is 0 Å². The van der Waals surface area contributed by atoms with E-state index in [0.29, 0.717) is 27.4 Å². The Morgan fingerprint density at radius 1 is 1.26 bits per heavy atom. The molecule has 1 saturated carbocycles. The molecule has 166 valence electrons. The van der Waals surface area contributed by atoms with Gasteiger partial charge >= 0.3 is 17.5 Å². The lowest BCUT2D eigenvalue weighted by molar-refractivity contribution is -0.907. The van der Waals surface area contributed by atoms with E-state index in [0.717, 1.165) is 25.7 Å². The van der Waals surface area contributed by atoms with Gasteiger partial charge < -0.3 is 30.8 Å². The fraction of sp³-hybridized carbons (Fsp3) is 0.409. The molecule has 3 rings (SSSR count). The Balaban J connectivity index is 1.82. The Labute approximate surface area is 181 Å². The van der Waals surface area contributed by atoms with Gasteiger partial charge in [0.15, 0.2) is 0 Å². The molecule has 1 amide bonds. The number of nitrogens with zero attached hydrogens (tertiary/aromatic N) is 2. The Bertz CT molecular complexity index is 943. The number of aliphatic hydroxyl groups is 1. The van der Waals surface area contributed by atoms with Crippen molar-refractivity contribution in [3.8, 4) is 5.88 Å². The monoisotopic (exact) mass is 428 g/mol. The first-order valence-electron chi connectivity index (χ1n) is 10.2. The summed E-state index contributed by atoms with van der Waals surface area (Å²) in [7, 11) is 5.07. The highest BCUT2D eigenvalue weighted by Gasteiger charge is 2.27. The van der Waals surface area contributed by atoms with Crippen LogP contribution in [0.3, 0.4) is 0 Å². The number of carbonyl (C=O) groups excluding carboxylic acids is 1. The summed E-state index contributed by atoms with van der Waals surface area (Å²) in [6, 6.07) is 4.89. The number of aromatic nitrogens is 1. The van der Waals surface area contributed by atoms with Gasteiger partial charge in [-0.2, -0.15) is 0 Å². The molecular formula is C22H30N5O4+. The van der Waals surface area contributed by atoms with E-state index in [1.54, 1.807) is 30.5 Å². The molecule has 0 bridgehead atoms. The van der Waals surface area contributed by atoms with E-state index in [2.05, 4.69) is 10.6 Å². The minimum Gasteiger partial charge on any atom is -0.445 e. The number of methoxy groups -OCH3 is 1. The van der Waals surface area contributed by atoms with Crippen molar-refractivity contribution in [2.45, 2.75) is 37.8 Å². The lowest BCUT2D eigenvalue weighted by Crippen LogP contribution is -2.43. The van der Waals surface area contributed by atoms with Crippen molar-refractivity contribution >= 4 is 11.6 Å². The van der Waals surface area contributed by atoms with E-state index in [9.17, 15) is 15.1 Å². The molecule has 31 heavy (non-hydrogen) atoms. The largest absolute Gasteiger partial charge is 0.445 e. The van der Waals surface area contributed by atoms with Crippen molar-refractivity contribution in [2.75, 3.05) is 21.2 Å². The van der Waals surface area contributed by atoms with Crippen molar-refractivity contribution in [2.24, 2.45) is 0 Å². The predicted molar refractivity (Wildman–Crippen MR) is 115 cm³/mol. The summed E-state index contributed by atoms with van der Waals surface area (Å²) < 4.78 is 5.74. The van der Waals surface area contributed by atoms with Crippen molar-refractivity contribution in [3.63, 3.8) is 0 Å². The van der Waals surface area contributed by atoms with Crippen LogP contribution in [0.1, 0.15) is 36.2 Å². The molecule has 0 unspecified atom stereocenters. The molecule has 0 aliphatic heterocycles. The van der Waals surface area contributed by atoms with Gasteiger partial charge in [0, 0.05) is 38.0 Å². The molecule has 1 fully saturated rings. The predicted octanol–water partition coefficient (Wildman–Crippen LogP) is 1.09. The van der Waals surface area contributed by atoms with Gasteiger partial charge in [-0.3, -0.25) is 10.0 Å². The number of rotatable bonds is 6. The third-order valence-electron chi connectivity index (χ3n) is 5.44. The normalized spacial score (nSPS) is 22.5. The number of nitrogens with one attached hydrogen (secondary N) is 3. The van der Waals surface area contributed by atoms with Crippen LogP contribution in [0.15, 0.2) is 53.5 Å². The van der Waals surface area contributed by atoms with E-state index >= 15 is 0 Å². The smallest absolute Gasteiger partial charge is 0.417 e. The van der Waals surface area contributed by atoms with Crippen molar-refractivity contribution in [1.29, 1.82) is 5.41 Å². The topological polar surface area (TPSA) is 122 Å². The first kappa shape index (κ1) is 22.4. The van der Waals surface area contributed by atoms with Gasteiger partial charge in [0.05, 0.1) is 41.1 Å². The molecule has 5 N–H and O–H groups in total. The zero-order chi connectivity index (χ0) is 22.5. The van der Waals surface area contributed by atoms with Gasteiger partial charge in [-0.25, -0.2) is 0 Å². The molecule has 0 saturated heterocycles. The maximum atomic E-state index is 12.8. The summed E-state index contributed by atoms with van der Waals surface area (Å²) >= 11 is 0. The van der Waals surface area contributed by atoms with Crippen molar-refractivity contribution in [3.05, 3.63) is 59.2 Å². The van der Waals surface area contributed by atoms with Gasteiger partial charge in [-0.15, -0.1) is 0 Å². The zero-order valence-corrected chi connectivity index (χ0v) is 18.1. The minimum atomic E-state index is -0.512. The van der Waals surface area contributed by atoms with Crippen LogP contribution < -0.4 is 20.1 Å². The van der Waals surface area contributed by atoms with Gasteiger partial charge in [0.2, 0.25) is 0 Å². The van der Waals surface area contributed by atoms with Crippen LogP contribution >= 0.6 is 0 Å². The number of carbonyl (C=O) groups is 1. The van der Waals surface area contributed by atoms with Gasteiger partial charge in [0.1, 0.15) is 0 Å². The van der Waals surface area contributed by atoms with E-state index < -0.39 is 5.91 Å². The second kappa shape index (κ2) is 9.65. The summed E-state index contributed by atoms with van der Waals surface area (Å²) in [6.45, 7) is 0. The van der Waals surface area contributed by atoms with Crippen LogP contribution in [0, 0.1) is 5.41 Å². The fourth-order valence-electron chi connectivity index (χ4n) is 3.64. The molecule has 0 spiro atoms. The van der Waals surface area contributed by atoms with Crippen LogP contribution in [-0.2, 0) is 0 Å². The third-order valence-corrected chi connectivity index (χ3v) is 5.44. The number of aliphatic hydroxyl groups excluding tert-OH is 1. The number of hydrogen-bond donors (Lipinski definition) is 5. The Morgan fingerprint density at radius 3 is 2.61 bits per heavy atom. The van der Waals surface area contributed by atoms with Crippen LogP contribution in [0.5, 0.6) is 5.88 Å². The summed E-state index contributed by atoms with van der Waals surface area (Å²) in [4.78, 5) is 14.7. The number of allylic oxidation sites excluding steroid dienone is 3. The SMILES string of the molecule is COc1cccc(C(=O)NC2=C/C(=C/N[C@H]3CC[C@H](O)CC3)C(=N)C=C2N(C)C)[n+]1O. The average molecular weight is 429 g/mol. The van der Waals surface area contributed by atoms with E-state index in [4.69, 9.17) is 10.1 Å². The molecule has 9 heteroatoms. The van der Waals surface area contributed by atoms with Crippen molar-refractivity contribution in [1.82, 2.24) is 15.5 Å². The number of ether oxygens (including phenoxy) is 1. The quantitative estimate of drug-likeness (QED) is 0.342. The third kappa shape index (κ3) is 5.24. The van der Waals surface area contributed by atoms with Gasteiger partial charge in [0.25, 0.3) is 0 Å². The van der Waals surface area contributed by atoms with Gasteiger partial charge in [-0.05, 0) is 43.9 Å². The highest BCUT2D eigenvalue weighted by Crippen LogP contribution is 2.22. The average Bonchev–Trinajstić information content (AvgIpc) is 2.74. The Hall–Kier alpha value is -3.33. The molecule has 2 aliphatic rings. The number of hydrogen-bond acceptors (Lipinski definition) is 7. The Kier molecular flexibility index (Phi) is 6.96. The molecule has 1 aromatic rings. The second-order valence-electron chi connectivity index (χ2n) is 7.89. The maximum absolute atomic E-state index is 12.8. The van der Waals surface area contributed by atoms with Crippen LogP contribution in [0.25, 0.3) is 0 Å². The van der Waals surface area contributed by atoms with Gasteiger partial charge in [-0.1, -0.05) is 0 Å². The summed E-state index contributed by atoms with van der Waals surface area (Å²) in [5.41, 5.74) is 2.16. The molecule has 0 radical (unpaired) electrons. The summed E-state index contributed by atoms with van der Waals surface area (Å²) in [6.07, 6.45) is 8.26. The maximum Gasteiger partial charge on any atom is 0.417 e. The van der Waals surface area contributed by atoms with E-state index in [1.807, 2.05) is 19.0 Å². The molecule has 0 atom stereocenters. The highest BCUT2D eigenvalue weighted by molar-refractivity contribution is 6.10. The minimum absolute atomic E-state index is 0.0171. The lowest BCUT2D eigenvalue weighted by atomic mass is 9.93. The molecule has 0 aromatic carbocycles. The van der Waals surface area contributed by atoms with E-state index in [1.165, 1.54) is 13.2 Å². The van der Waals surface area contributed by atoms with Crippen molar-refractivity contribution < 1.29 is 24.6 Å².